The van der Waals surface area contributed by atoms with Crippen molar-refractivity contribution in [3.05, 3.63) is 24.3 Å². The largest absolute Gasteiger partial charge is 0.497 e. The van der Waals surface area contributed by atoms with Crippen LogP contribution >= 0.6 is 0 Å². The third-order valence-corrected chi connectivity index (χ3v) is 3.66. The highest BCUT2D eigenvalue weighted by Gasteiger charge is 2.24. The Balaban J connectivity index is 1.72. The number of methoxy groups -OCH3 is 1. The zero-order chi connectivity index (χ0) is 14.4. The van der Waals surface area contributed by atoms with Gasteiger partial charge in [-0.15, -0.1) is 0 Å². The van der Waals surface area contributed by atoms with Crippen LogP contribution in [0.15, 0.2) is 24.3 Å². The first-order valence-electron chi connectivity index (χ1n) is 7.01. The summed E-state index contributed by atoms with van der Waals surface area (Å²) in [6.07, 6.45) is 2.77. The van der Waals surface area contributed by atoms with E-state index in [4.69, 9.17) is 4.74 Å². The van der Waals surface area contributed by atoms with Gasteiger partial charge in [0.2, 0.25) is 5.91 Å². The molecule has 1 aromatic carbocycles. The van der Waals surface area contributed by atoms with E-state index in [1.165, 1.54) is 0 Å². The van der Waals surface area contributed by atoms with Crippen molar-refractivity contribution < 1.29 is 14.6 Å². The molecule has 1 aromatic rings. The SMILES string of the molecule is COc1cccc(NC(=O)CNCC2CCCC2O)c1. The average Bonchev–Trinajstić information content (AvgIpc) is 2.85. The molecule has 5 heteroatoms. The summed E-state index contributed by atoms with van der Waals surface area (Å²) >= 11 is 0. The molecule has 2 atom stereocenters. The third kappa shape index (κ3) is 4.21. The number of aliphatic hydroxyl groups is 1. The first-order valence-corrected chi connectivity index (χ1v) is 7.01. The fraction of sp³-hybridized carbons (Fsp3) is 0.533. The van der Waals surface area contributed by atoms with E-state index in [1.807, 2.05) is 18.2 Å². The molecule has 1 saturated carbocycles. The Morgan fingerprint density at radius 3 is 3.00 bits per heavy atom. The normalized spacial score (nSPS) is 21.7. The molecule has 0 spiro atoms. The van der Waals surface area contributed by atoms with Crippen molar-refractivity contribution >= 4 is 11.6 Å². The number of benzene rings is 1. The van der Waals surface area contributed by atoms with Gasteiger partial charge < -0.3 is 20.5 Å². The van der Waals surface area contributed by atoms with Crippen LogP contribution in [0.3, 0.4) is 0 Å². The molecule has 1 aliphatic carbocycles. The van der Waals surface area contributed by atoms with Gasteiger partial charge in [0.05, 0.1) is 19.8 Å². The maximum absolute atomic E-state index is 11.8. The second-order valence-corrected chi connectivity index (χ2v) is 5.17. The van der Waals surface area contributed by atoms with E-state index in [0.717, 1.165) is 24.9 Å². The van der Waals surface area contributed by atoms with Crippen LogP contribution in [0.4, 0.5) is 5.69 Å². The van der Waals surface area contributed by atoms with Gasteiger partial charge in [-0.2, -0.15) is 0 Å². The number of anilines is 1. The van der Waals surface area contributed by atoms with Gasteiger partial charge in [0, 0.05) is 18.3 Å². The lowest BCUT2D eigenvalue weighted by atomic mass is 10.1. The molecule has 0 aliphatic heterocycles. The monoisotopic (exact) mass is 278 g/mol. The minimum atomic E-state index is -0.219. The van der Waals surface area contributed by atoms with Gasteiger partial charge in [-0.05, 0) is 30.9 Å². The Morgan fingerprint density at radius 2 is 2.30 bits per heavy atom. The van der Waals surface area contributed by atoms with E-state index in [-0.39, 0.29) is 24.5 Å². The minimum absolute atomic E-state index is 0.0919. The highest BCUT2D eigenvalue weighted by atomic mass is 16.5. The molecule has 0 aromatic heterocycles. The summed E-state index contributed by atoms with van der Waals surface area (Å²) in [5.74, 6) is 0.898. The van der Waals surface area contributed by atoms with E-state index in [0.29, 0.717) is 12.3 Å². The quantitative estimate of drug-likeness (QED) is 0.735. The van der Waals surface area contributed by atoms with E-state index in [1.54, 1.807) is 13.2 Å². The number of nitrogens with one attached hydrogen (secondary N) is 2. The minimum Gasteiger partial charge on any atom is -0.497 e. The fourth-order valence-electron chi connectivity index (χ4n) is 2.53. The summed E-state index contributed by atoms with van der Waals surface area (Å²) < 4.78 is 5.10. The van der Waals surface area contributed by atoms with Crippen LogP contribution in [0.25, 0.3) is 0 Å². The van der Waals surface area contributed by atoms with E-state index >= 15 is 0 Å². The highest BCUT2D eigenvalue weighted by Crippen LogP contribution is 2.24. The van der Waals surface area contributed by atoms with Crippen molar-refractivity contribution in [2.45, 2.75) is 25.4 Å². The number of hydrogen-bond donors (Lipinski definition) is 3. The lowest BCUT2D eigenvalue weighted by molar-refractivity contribution is -0.115. The summed E-state index contributed by atoms with van der Waals surface area (Å²) in [4.78, 5) is 11.8. The molecule has 0 radical (unpaired) electrons. The lowest BCUT2D eigenvalue weighted by Crippen LogP contribution is -2.34. The average molecular weight is 278 g/mol. The van der Waals surface area contributed by atoms with Crippen LogP contribution in [0, 0.1) is 5.92 Å². The third-order valence-electron chi connectivity index (χ3n) is 3.66. The van der Waals surface area contributed by atoms with Crippen LogP contribution in [-0.4, -0.2) is 37.3 Å². The first-order chi connectivity index (χ1) is 9.69. The maximum atomic E-state index is 11.8. The Kier molecular flexibility index (Phi) is 5.38. The number of amides is 1. The molecular formula is C15H22N2O3. The van der Waals surface area contributed by atoms with Crippen LogP contribution in [0.5, 0.6) is 5.75 Å². The molecule has 0 heterocycles. The molecule has 1 aliphatic rings. The molecular weight excluding hydrogens is 256 g/mol. The summed E-state index contributed by atoms with van der Waals surface area (Å²) in [5.41, 5.74) is 0.719. The Labute approximate surface area is 119 Å². The Morgan fingerprint density at radius 1 is 1.45 bits per heavy atom. The number of aliphatic hydroxyl groups excluding tert-OH is 1. The van der Waals surface area contributed by atoms with Gasteiger partial charge in [-0.25, -0.2) is 0 Å². The predicted octanol–water partition coefficient (Wildman–Crippen LogP) is 1.38. The predicted molar refractivity (Wildman–Crippen MR) is 77.8 cm³/mol. The number of rotatable bonds is 6. The van der Waals surface area contributed by atoms with Crippen LogP contribution in [-0.2, 0) is 4.79 Å². The molecule has 2 rings (SSSR count). The van der Waals surface area contributed by atoms with Crippen molar-refractivity contribution in [2.24, 2.45) is 5.92 Å². The molecule has 0 bridgehead atoms. The lowest BCUT2D eigenvalue weighted by Gasteiger charge is -2.15. The number of ether oxygens (including phenoxy) is 1. The van der Waals surface area contributed by atoms with Gasteiger partial charge in [-0.3, -0.25) is 4.79 Å². The van der Waals surface area contributed by atoms with Crippen molar-refractivity contribution in [1.82, 2.24) is 5.32 Å². The van der Waals surface area contributed by atoms with Gasteiger partial charge in [0.1, 0.15) is 5.75 Å². The van der Waals surface area contributed by atoms with Gasteiger partial charge >= 0.3 is 0 Å². The van der Waals surface area contributed by atoms with E-state index < -0.39 is 0 Å². The second kappa shape index (κ2) is 7.26. The summed E-state index contributed by atoms with van der Waals surface area (Å²) in [6.45, 7) is 0.938. The molecule has 5 nitrogen and oxygen atoms in total. The topological polar surface area (TPSA) is 70.6 Å². The molecule has 3 N–H and O–H groups in total. The Hall–Kier alpha value is -1.59. The first kappa shape index (κ1) is 14.8. The van der Waals surface area contributed by atoms with Crippen molar-refractivity contribution in [3.63, 3.8) is 0 Å². The van der Waals surface area contributed by atoms with Crippen molar-refractivity contribution in [2.75, 3.05) is 25.5 Å². The number of carbonyl (C=O) groups excluding carboxylic acids is 1. The van der Waals surface area contributed by atoms with Crippen LogP contribution in [0.1, 0.15) is 19.3 Å². The molecule has 0 saturated heterocycles. The van der Waals surface area contributed by atoms with Gasteiger partial charge in [0.15, 0.2) is 0 Å². The summed E-state index contributed by atoms with van der Waals surface area (Å²) in [5, 5.41) is 15.6. The fourth-order valence-corrected chi connectivity index (χ4v) is 2.53. The summed E-state index contributed by atoms with van der Waals surface area (Å²) in [7, 11) is 1.59. The van der Waals surface area contributed by atoms with Gasteiger partial charge in [0.25, 0.3) is 0 Å². The molecule has 20 heavy (non-hydrogen) atoms. The van der Waals surface area contributed by atoms with Gasteiger partial charge in [-0.1, -0.05) is 12.5 Å². The zero-order valence-corrected chi connectivity index (χ0v) is 11.8. The Bertz CT molecular complexity index is 450. The summed E-state index contributed by atoms with van der Waals surface area (Å²) in [6, 6.07) is 7.26. The molecule has 2 unspecified atom stereocenters. The van der Waals surface area contributed by atoms with E-state index in [9.17, 15) is 9.90 Å². The van der Waals surface area contributed by atoms with Crippen molar-refractivity contribution in [1.29, 1.82) is 0 Å². The van der Waals surface area contributed by atoms with Crippen molar-refractivity contribution in [3.8, 4) is 5.75 Å². The van der Waals surface area contributed by atoms with E-state index in [2.05, 4.69) is 10.6 Å². The highest BCUT2D eigenvalue weighted by molar-refractivity contribution is 5.92. The zero-order valence-electron chi connectivity index (χ0n) is 11.8. The number of hydrogen-bond acceptors (Lipinski definition) is 4. The standard InChI is InChI=1S/C15H22N2O3/c1-20-13-6-3-5-12(8-13)17-15(19)10-16-9-11-4-2-7-14(11)18/h3,5-6,8,11,14,16,18H,2,4,7,9-10H2,1H3,(H,17,19). The molecule has 1 amide bonds. The number of carbonyl (C=O) groups is 1. The van der Waals surface area contributed by atoms with Crippen LogP contribution < -0.4 is 15.4 Å². The smallest absolute Gasteiger partial charge is 0.238 e. The maximum Gasteiger partial charge on any atom is 0.238 e. The van der Waals surface area contributed by atoms with Crippen LogP contribution in [0.2, 0.25) is 0 Å². The second-order valence-electron chi connectivity index (χ2n) is 5.17. The molecule has 110 valence electrons. The molecule has 1 fully saturated rings.